The highest BCUT2D eigenvalue weighted by Gasteiger charge is 2.37. The van der Waals surface area contributed by atoms with Crippen molar-refractivity contribution in [2.45, 2.75) is 72.5 Å². The zero-order chi connectivity index (χ0) is 36.2. The number of hydrogen-bond acceptors (Lipinski definition) is 8. The summed E-state index contributed by atoms with van der Waals surface area (Å²) >= 11 is 0. The molecule has 4 aromatic rings. The van der Waals surface area contributed by atoms with E-state index in [1.54, 1.807) is 25.1 Å². The van der Waals surface area contributed by atoms with Gasteiger partial charge in [-0.25, -0.2) is 23.9 Å². The third kappa shape index (κ3) is 8.95. The number of hydrogen-bond donors (Lipinski definition) is 3. The molecule has 1 fully saturated rings. The Morgan fingerprint density at radius 2 is 1.66 bits per heavy atom. The molecule has 0 saturated carbocycles. The molecular formula is C39H45FN4O6. The Balaban J connectivity index is 1.63. The van der Waals surface area contributed by atoms with Crippen molar-refractivity contribution in [1.29, 1.82) is 0 Å². The summed E-state index contributed by atoms with van der Waals surface area (Å²) in [5.41, 5.74) is 3.45. The highest BCUT2D eigenvalue weighted by atomic mass is 19.1. The number of benzene rings is 2. The maximum Gasteiger partial charge on any atom is 0.337 e. The molecule has 0 bridgehead atoms. The molecule has 2 aromatic carbocycles. The second-order valence-electron chi connectivity index (χ2n) is 14.4. The van der Waals surface area contributed by atoms with E-state index in [1.807, 2.05) is 45.0 Å². The number of pyridine rings is 2. The number of rotatable bonds is 12. The summed E-state index contributed by atoms with van der Waals surface area (Å²) in [4.78, 5) is 35.9. The zero-order valence-corrected chi connectivity index (χ0v) is 29.4. The Morgan fingerprint density at radius 3 is 2.22 bits per heavy atom. The number of halogens is 1. The van der Waals surface area contributed by atoms with E-state index in [4.69, 9.17) is 14.5 Å². The van der Waals surface area contributed by atoms with Gasteiger partial charge < -0.3 is 29.9 Å². The number of carboxylic acid groups (broad SMARTS) is 2. The molecule has 1 atom stereocenters. The molecule has 5 rings (SSSR count). The predicted octanol–water partition coefficient (Wildman–Crippen LogP) is 8.22. The fourth-order valence-corrected chi connectivity index (χ4v) is 6.00. The van der Waals surface area contributed by atoms with Gasteiger partial charge in [-0.15, -0.1) is 0 Å². The van der Waals surface area contributed by atoms with E-state index in [2.05, 4.69) is 29.0 Å². The molecular weight excluding hydrogens is 639 g/mol. The van der Waals surface area contributed by atoms with Gasteiger partial charge in [-0.2, -0.15) is 0 Å². The number of carboxylic acids is 2. The molecule has 0 radical (unpaired) electrons. The molecule has 1 aliphatic heterocycles. The Bertz CT molecular complexity index is 1810. The first-order chi connectivity index (χ1) is 23.6. The number of aliphatic carboxylic acids is 1. The summed E-state index contributed by atoms with van der Waals surface area (Å²) < 4.78 is 25.6. The van der Waals surface area contributed by atoms with Crippen molar-refractivity contribution in [3.05, 3.63) is 95.1 Å². The second-order valence-corrected chi connectivity index (χ2v) is 14.4. The molecule has 10 nitrogen and oxygen atoms in total. The van der Waals surface area contributed by atoms with Crippen LogP contribution in [0.1, 0.15) is 80.7 Å². The van der Waals surface area contributed by atoms with Crippen LogP contribution in [0.3, 0.4) is 0 Å². The van der Waals surface area contributed by atoms with Gasteiger partial charge >= 0.3 is 11.9 Å². The lowest BCUT2D eigenvalue weighted by molar-refractivity contribution is -0.160. The van der Waals surface area contributed by atoms with E-state index in [0.717, 1.165) is 24.0 Å². The van der Waals surface area contributed by atoms with Crippen LogP contribution in [0.2, 0.25) is 0 Å². The summed E-state index contributed by atoms with van der Waals surface area (Å²) in [5.74, 6) is -1.04. The smallest absolute Gasteiger partial charge is 0.337 e. The van der Waals surface area contributed by atoms with Crippen LogP contribution < -0.4 is 15.0 Å². The predicted molar refractivity (Wildman–Crippen MR) is 191 cm³/mol. The molecule has 0 unspecified atom stereocenters. The number of nitrogens with one attached hydrogen (secondary N) is 1. The van der Waals surface area contributed by atoms with Gasteiger partial charge in [-0.1, -0.05) is 38.1 Å². The highest BCUT2D eigenvalue weighted by Crippen LogP contribution is 2.47. The number of anilines is 3. The average molecular weight is 685 g/mol. The standard InChI is InChI=1S/C39H45FN4O6/c1-24-31(34(37(47)48)50-38(2,3)4)33(44-20-18-39(5,6)19-21-44)32(35(42-24)43-30-16-11-27(23-41-30)36(45)46)26-9-14-29(15-10-26)49-22-17-25-7-12-28(40)13-8-25/h7-16,23,34H,17-22H2,1-6H3,(H,45,46)(H,47,48)(H,41,42,43)/t34-/m0/s1. The first kappa shape index (κ1) is 36.3. The number of aromatic nitrogens is 2. The van der Waals surface area contributed by atoms with E-state index in [0.29, 0.717) is 66.0 Å². The summed E-state index contributed by atoms with van der Waals surface area (Å²) in [5, 5.41) is 23.3. The topological polar surface area (TPSA) is 134 Å². The fourth-order valence-electron chi connectivity index (χ4n) is 6.00. The van der Waals surface area contributed by atoms with Crippen molar-refractivity contribution in [2.75, 3.05) is 29.9 Å². The minimum atomic E-state index is -1.30. The molecule has 3 N–H and O–H groups in total. The van der Waals surface area contributed by atoms with Crippen LogP contribution in [0, 0.1) is 18.2 Å². The number of nitrogens with zero attached hydrogens (tertiary/aromatic N) is 3. The molecule has 264 valence electrons. The zero-order valence-electron chi connectivity index (χ0n) is 29.4. The van der Waals surface area contributed by atoms with Gasteiger partial charge in [0.1, 0.15) is 23.2 Å². The van der Waals surface area contributed by atoms with Crippen molar-refractivity contribution in [1.82, 2.24) is 9.97 Å². The molecule has 1 saturated heterocycles. The largest absolute Gasteiger partial charge is 0.493 e. The van der Waals surface area contributed by atoms with Crippen LogP contribution in [-0.4, -0.2) is 57.4 Å². The number of aromatic carboxylic acids is 1. The summed E-state index contributed by atoms with van der Waals surface area (Å²) in [6.07, 6.45) is 2.37. The molecule has 1 aliphatic rings. The molecule has 2 aromatic heterocycles. The van der Waals surface area contributed by atoms with Gasteiger partial charge in [-0.3, -0.25) is 0 Å². The van der Waals surface area contributed by atoms with Crippen molar-refractivity contribution in [3.8, 4) is 16.9 Å². The Morgan fingerprint density at radius 1 is 1.00 bits per heavy atom. The molecule has 0 aliphatic carbocycles. The SMILES string of the molecule is Cc1nc(Nc2ccc(C(=O)O)cn2)c(-c2ccc(OCCc3ccc(F)cc3)cc2)c(N2CCC(C)(C)CC2)c1[C@H](OC(C)(C)C)C(=O)O. The van der Waals surface area contributed by atoms with E-state index >= 15 is 0 Å². The van der Waals surface area contributed by atoms with Crippen molar-refractivity contribution >= 4 is 29.3 Å². The van der Waals surface area contributed by atoms with Gasteiger partial charge in [0.15, 0.2) is 6.10 Å². The first-order valence-corrected chi connectivity index (χ1v) is 16.7. The summed E-state index contributed by atoms with van der Waals surface area (Å²) in [6, 6.07) is 16.9. The monoisotopic (exact) mass is 684 g/mol. The van der Waals surface area contributed by atoms with E-state index in [1.165, 1.54) is 24.4 Å². The number of ether oxygens (including phenoxy) is 2. The quantitative estimate of drug-likeness (QED) is 0.134. The molecule has 3 heterocycles. The second kappa shape index (κ2) is 14.8. The van der Waals surface area contributed by atoms with Crippen molar-refractivity contribution in [3.63, 3.8) is 0 Å². The molecule has 0 spiro atoms. The Labute approximate surface area is 292 Å². The van der Waals surface area contributed by atoms with E-state index < -0.39 is 23.6 Å². The highest BCUT2D eigenvalue weighted by molar-refractivity contribution is 5.94. The van der Waals surface area contributed by atoms with Gasteiger partial charge in [0.25, 0.3) is 0 Å². The van der Waals surface area contributed by atoms with Crippen LogP contribution in [0.15, 0.2) is 66.9 Å². The normalized spacial score (nSPS) is 15.0. The van der Waals surface area contributed by atoms with Gasteiger partial charge in [0.2, 0.25) is 0 Å². The number of aryl methyl sites for hydroxylation is 1. The summed E-state index contributed by atoms with van der Waals surface area (Å²) in [6.45, 7) is 13.5. The molecule has 50 heavy (non-hydrogen) atoms. The lowest BCUT2D eigenvalue weighted by atomic mass is 9.82. The number of piperidine rings is 1. The number of carbonyl (C=O) groups is 2. The minimum Gasteiger partial charge on any atom is -0.493 e. The lowest BCUT2D eigenvalue weighted by Crippen LogP contribution is -2.39. The van der Waals surface area contributed by atoms with Crippen LogP contribution in [0.5, 0.6) is 5.75 Å². The van der Waals surface area contributed by atoms with Crippen LogP contribution in [0.4, 0.5) is 21.7 Å². The van der Waals surface area contributed by atoms with E-state index in [9.17, 15) is 24.2 Å². The van der Waals surface area contributed by atoms with Crippen LogP contribution in [-0.2, 0) is 16.0 Å². The van der Waals surface area contributed by atoms with Crippen LogP contribution in [0.25, 0.3) is 11.1 Å². The summed E-state index contributed by atoms with van der Waals surface area (Å²) in [7, 11) is 0. The van der Waals surface area contributed by atoms with Crippen LogP contribution >= 0.6 is 0 Å². The van der Waals surface area contributed by atoms with Crippen molar-refractivity contribution < 1.29 is 33.7 Å². The Kier molecular flexibility index (Phi) is 10.8. The maximum atomic E-state index is 13.3. The average Bonchev–Trinajstić information content (AvgIpc) is 3.05. The van der Waals surface area contributed by atoms with Crippen molar-refractivity contribution in [2.24, 2.45) is 5.41 Å². The molecule has 11 heteroatoms. The van der Waals surface area contributed by atoms with Gasteiger partial charge in [0, 0.05) is 42.5 Å². The third-order valence-electron chi connectivity index (χ3n) is 8.76. The lowest BCUT2D eigenvalue weighted by Gasteiger charge is -2.41. The first-order valence-electron chi connectivity index (χ1n) is 16.7. The Hall–Kier alpha value is -5.03. The maximum absolute atomic E-state index is 13.3. The van der Waals surface area contributed by atoms with E-state index in [-0.39, 0.29) is 16.8 Å². The minimum absolute atomic E-state index is 0.0468. The van der Waals surface area contributed by atoms with Gasteiger partial charge in [0.05, 0.1) is 23.5 Å². The van der Waals surface area contributed by atoms with Gasteiger partial charge in [-0.05, 0) is 93.5 Å². The fraction of sp³-hybridized carbons (Fsp3) is 0.385. The third-order valence-corrected chi connectivity index (χ3v) is 8.76. The molecule has 0 amide bonds.